The van der Waals surface area contributed by atoms with Gasteiger partial charge in [0.2, 0.25) is 11.8 Å². The molecule has 1 heterocycles. The van der Waals surface area contributed by atoms with Crippen LogP contribution in [0.25, 0.3) is 0 Å². The Balaban J connectivity index is 1.91. The summed E-state index contributed by atoms with van der Waals surface area (Å²) in [5, 5.41) is 7.24. The normalized spacial score (nSPS) is 17.7. The number of carbonyl (C=O) groups is 1. The van der Waals surface area contributed by atoms with Crippen molar-refractivity contribution >= 4 is 5.91 Å². The van der Waals surface area contributed by atoms with E-state index in [4.69, 9.17) is 4.74 Å². The van der Waals surface area contributed by atoms with Crippen molar-refractivity contribution in [3.63, 3.8) is 0 Å². The van der Waals surface area contributed by atoms with E-state index >= 15 is 0 Å². The Morgan fingerprint density at radius 3 is 3.05 bits per heavy atom. The van der Waals surface area contributed by atoms with Crippen molar-refractivity contribution < 1.29 is 9.53 Å². The highest BCUT2D eigenvalue weighted by molar-refractivity contribution is 5.76. The molecule has 19 heavy (non-hydrogen) atoms. The lowest BCUT2D eigenvalue weighted by Crippen LogP contribution is -2.24. The number of ether oxygens (including phenoxy) is 1. The molecule has 1 aliphatic rings. The van der Waals surface area contributed by atoms with Gasteiger partial charge in [0.25, 0.3) is 0 Å². The lowest BCUT2D eigenvalue weighted by Gasteiger charge is -2.09. The maximum absolute atomic E-state index is 11.9. The van der Waals surface area contributed by atoms with Gasteiger partial charge in [0.15, 0.2) is 0 Å². The minimum atomic E-state index is 0.0851. The molecule has 0 bridgehead atoms. The highest BCUT2D eigenvalue weighted by Gasteiger charge is 2.17. The van der Waals surface area contributed by atoms with Crippen LogP contribution in [-0.4, -0.2) is 22.8 Å². The van der Waals surface area contributed by atoms with Gasteiger partial charge >= 0.3 is 0 Å². The first-order valence-electron chi connectivity index (χ1n) is 6.61. The second-order valence-electron chi connectivity index (χ2n) is 4.94. The summed E-state index contributed by atoms with van der Waals surface area (Å²) in [4.78, 5) is 11.9. The lowest BCUT2D eigenvalue weighted by molar-refractivity contribution is -0.121. The van der Waals surface area contributed by atoms with E-state index in [1.54, 1.807) is 11.8 Å². The third kappa shape index (κ3) is 3.16. The topological polar surface area (TPSA) is 56.1 Å². The summed E-state index contributed by atoms with van der Waals surface area (Å²) in [6.45, 7) is 2.39. The molecule has 1 aromatic rings. The van der Waals surface area contributed by atoms with Crippen LogP contribution in [0.4, 0.5) is 0 Å². The van der Waals surface area contributed by atoms with Gasteiger partial charge in [-0.25, -0.2) is 4.68 Å². The standard InChI is InChI=1S/C14H21N3O2/c1-10-12(14(19-3)17(2)16-10)9-15-13(18)8-11-6-4-5-7-11/h4,6,11H,5,7-9H2,1-3H3,(H,15,18)/t11-/m0/s1. The van der Waals surface area contributed by atoms with Crippen LogP contribution in [0.2, 0.25) is 0 Å². The van der Waals surface area contributed by atoms with Crippen LogP contribution in [0.15, 0.2) is 12.2 Å². The Hall–Kier alpha value is -1.78. The molecule has 0 saturated carbocycles. The fourth-order valence-electron chi connectivity index (χ4n) is 2.50. The Labute approximate surface area is 113 Å². The number of nitrogens with zero attached hydrogens (tertiary/aromatic N) is 2. The van der Waals surface area contributed by atoms with Gasteiger partial charge in [-0.05, 0) is 25.7 Å². The molecule has 1 aromatic heterocycles. The van der Waals surface area contributed by atoms with Crippen LogP contribution in [0.5, 0.6) is 5.88 Å². The fraction of sp³-hybridized carbons (Fsp3) is 0.571. The van der Waals surface area contributed by atoms with Crippen molar-refractivity contribution in [3.05, 3.63) is 23.4 Å². The summed E-state index contributed by atoms with van der Waals surface area (Å²) in [6.07, 6.45) is 7.02. The second-order valence-corrected chi connectivity index (χ2v) is 4.94. The molecule has 104 valence electrons. The molecule has 0 radical (unpaired) electrons. The van der Waals surface area contributed by atoms with Crippen molar-refractivity contribution in [2.24, 2.45) is 13.0 Å². The Morgan fingerprint density at radius 1 is 1.63 bits per heavy atom. The minimum absolute atomic E-state index is 0.0851. The zero-order valence-corrected chi connectivity index (χ0v) is 11.8. The average molecular weight is 263 g/mol. The van der Waals surface area contributed by atoms with Crippen molar-refractivity contribution in [2.45, 2.75) is 32.7 Å². The van der Waals surface area contributed by atoms with Gasteiger partial charge < -0.3 is 10.1 Å². The van der Waals surface area contributed by atoms with Gasteiger partial charge in [-0.3, -0.25) is 4.79 Å². The fourth-order valence-corrected chi connectivity index (χ4v) is 2.50. The van der Waals surface area contributed by atoms with Gasteiger partial charge in [0.1, 0.15) is 0 Å². The summed E-state index contributed by atoms with van der Waals surface area (Å²) in [6, 6.07) is 0. The van der Waals surface area contributed by atoms with E-state index < -0.39 is 0 Å². The summed E-state index contributed by atoms with van der Waals surface area (Å²) in [7, 11) is 3.45. The zero-order valence-electron chi connectivity index (χ0n) is 11.8. The van der Waals surface area contributed by atoms with Crippen LogP contribution in [0.1, 0.15) is 30.5 Å². The number of rotatable bonds is 5. The summed E-state index contributed by atoms with van der Waals surface area (Å²) >= 11 is 0. The molecule has 0 aliphatic heterocycles. The third-order valence-electron chi connectivity index (χ3n) is 3.50. The molecular weight excluding hydrogens is 242 g/mol. The minimum Gasteiger partial charge on any atom is -0.481 e. The van der Waals surface area contributed by atoms with Crippen LogP contribution in [-0.2, 0) is 18.4 Å². The van der Waals surface area contributed by atoms with Gasteiger partial charge in [0.05, 0.1) is 18.4 Å². The highest BCUT2D eigenvalue weighted by Crippen LogP contribution is 2.22. The molecule has 1 aliphatic carbocycles. The molecule has 1 N–H and O–H groups in total. The highest BCUT2D eigenvalue weighted by atomic mass is 16.5. The molecule has 1 atom stereocenters. The maximum atomic E-state index is 11.9. The summed E-state index contributed by atoms with van der Waals surface area (Å²) in [5.74, 6) is 1.19. The molecule has 5 heteroatoms. The molecule has 5 nitrogen and oxygen atoms in total. The number of aromatic nitrogens is 2. The Morgan fingerprint density at radius 2 is 2.42 bits per heavy atom. The molecule has 0 aromatic carbocycles. The van der Waals surface area contributed by atoms with E-state index in [1.165, 1.54) is 0 Å². The van der Waals surface area contributed by atoms with E-state index in [2.05, 4.69) is 22.6 Å². The first kappa shape index (κ1) is 13.6. The molecule has 0 unspecified atom stereocenters. The van der Waals surface area contributed by atoms with Crippen molar-refractivity contribution in [1.29, 1.82) is 0 Å². The van der Waals surface area contributed by atoms with Crippen molar-refractivity contribution in [2.75, 3.05) is 7.11 Å². The third-order valence-corrected chi connectivity index (χ3v) is 3.50. The van der Waals surface area contributed by atoms with Gasteiger partial charge in [0, 0.05) is 20.0 Å². The summed E-state index contributed by atoms with van der Waals surface area (Å²) in [5.41, 5.74) is 1.83. The second kappa shape index (κ2) is 5.91. The molecule has 0 spiro atoms. The SMILES string of the molecule is COc1c(CNC(=O)C[C@H]2C=CCC2)c(C)nn1C. The quantitative estimate of drug-likeness (QED) is 0.823. The molecule has 2 rings (SSSR count). The zero-order chi connectivity index (χ0) is 13.8. The van der Waals surface area contributed by atoms with E-state index in [0.717, 1.165) is 24.1 Å². The van der Waals surface area contributed by atoms with Crippen LogP contribution in [0.3, 0.4) is 0 Å². The number of methoxy groups -OCH3 is 1. The lowest BCUT2D eigenvalue weighted by atomic mass is 10.1. The number of hydrogen-bond acceptors (Lipinski definition) is 3. The van der Waals surface area contributed by atoms with E-state index in [9.17, 15) is 4.79 Å². The van der Waals surface area contributed by atoms with Crippen molar-refractivity contribution in [3.8, 4) is 5.88 Å². The monoisotopic (exact) mass is 263 g/mol. The van der Waals surface area contributed by atoms with Gasteiger partial charge in [-0.15, -0.1) is 0 Å². The van der Waals surface area contributed by atoms with Crippen molar-refractivity contribution in [1.82, 2.24) is 15.1 Å². The first-order chi connectivity index (χ1) is 9.11. The maximum Gasteiger partial charge on any atom is 0.220 e. The summed E-state index contributed by atoms with van der Waals surface area (Å²) < 4.78 is 6.99. The van der Waals surface area contributed by atoms with Crippen LogP contribution >= 0.6 is 0 Å². The number of allylic oxidation sites excluding steroid dienone is 2. The molecule has 1 amide bonds. The van der Waals surface area contributed by atoms with Crippen LogP contribution in [0, 0.1) is 12.8 Å². The smallest absolute Gasteiger partial charge is 0.220 e. The largest absolute Gasteiger partial charge is 0.481 e. The molecule has 0 saturated heterocycles. The number of hydrogen-bond donors (Lipinski definition) is 1. The Kier molecular flexibility index (Phi) is 4.24. The number of nitrogens with one attached hydrogen (secondary N) is 1. The number of amides is 1. The average Bonchev–Trinajstić information content (AvgIpc) is 2.94. The molecule has 0 fully saturated rings. The van der Waals surface area contributed by atoms with E-state index in [1.807, 2.05) is 14.0 Å². The van der Waals surface area contributed by atoms with E-state index in [0.29, 0.717) is 24.8 Å². The van der Waals surface area contributed by atoms with Gasteiger partial charge in [-0.2, -0.15) is 5.10 Å². The number of aryl methyl sites for hydroxylation is 2. The number of carbonyl (C=O) groups excluding carboxylic acids is 1. The first-order valence-corrected chi connectivity index (χ1v) is 6.61. The van der Waals surface area contributed by atoms with E-state index in [-0.39, 0.29) is 5.91 Å². The predicted octanol–water partition coefficient (Wildman–Crippen LogP) is 1.71. The predicted molar refractivity (Wildman–Crippen MR) is 72.8 cm³/mol. The van der Waals surface area contributed by atoms with Crippen LogP contribution < -0.4 is 10.1 Å². The van der Waals surface area contributed by atoms with Gasteiger partial charge in [-0.1, -0.05) is 12.2 Å². The Bertz CT molecular complexity index is 491. The molecular formula is C14H21N3O2.